The van der Waals surface area contributed by atoms with E-state index in [4.69, 9.17) is 0 Å². The number of rotatable bonds is 9. The zero-order chi connectivity index (χ0) is 26.5. The van der Waals surface area contributed by atoms with Gasteiger partial charge in [-0.25, -0.2) is 8.42 Å². The first kappa shape index (κ1) is 26.9. The Balaban J connectivity index is 2.08. The predicted octanol–water partition coefficient (Wildman–Crippen LogP) is 3.97. The normalized spacial score (nSPS) is 12.0. The largest absolute Gasteiger partial charge is 0.357 e. The maximum Gasteiger partial charge on any atom is 0.264 e. The number of carbonyl (C=O) groups excluding carboxylic acids is 2. The van der Waals surface area contributed by atoms with Crippen molar-refractivity contribution in [1.29, 1.82) is 0 Å². The molecule has 1 atom stereocenters. The van der Waals surface area contributed by atoms with Gasteiger partial charge in [0.25, 0.3) is 10.0 Å². The summed E-state index contributed by atoms with van der Waals surface area (Å²) in [5, 5.41) is 2.59. The lowest BCUT2D eigenvalue weighted by molar-refractivity contribution is -0.139. The van der Waals surface area contributed by atoms with E-state index in [0.29, 0.717) is 5.69 Å². The first-order valence-electron chi connectivity index (χ1n) is 11.8. The van der Waals surface area contributed by atoms with Crippen molar-refractivity contribution in [3.05, 3.63) is 95.1 Å². The molecule has 3 aromatic rings. The second kappa shape index (κ2) is 11.4. The SMILES string of the molecule is CNC(=O)[C@H](C)N(Cc1ccccc1C)C(=O)CN(c1cccc(C)c1C)S(=O)(=O)c1ccccc1. The monoisotopic (exact) mass is 507 g/mol. The van der Waals surface area contributed by atoms with Crippen molar-refractivity contribution in [2.75, 3.05) is 17.9 Å². The molecule has 0 spiro atoms. The van der Waals surface area contributed by atoms with Gasteiger partial charge in [0.15, 0.2) is 0 Å². The van der Waals surface area contributed by atoms with E-state index in [0.717, 1.165) is 26.6 Å². The maximum atomic E-state index is 13.8. The van der Waals surface area contributed by atoms with E-state index < -0.39 is 28.5 Å². The van der Waals surface area contributed by atoms with Gasteiger partial charge in [0.2, 0.25) is 11.8 Å². The fourth-order valence-corrected chi connectivity index (χ4v) is 5.49. The number of amides is 2. The van der Waals surface area contributed by atoms with Crippen LogP contribution in [0.3, 0.4) is 0 Å². The zero-order valence-corrected chi connectivity index (χ0v) is 22.2. The third-order valence-corrected chi connectivity index (χ3v) is 8.24. The molecule has 0 aliphatic heterocycles. The summed E-state index contributed by atoms with van der Waals surface area (Å²) in [7, 11) is -2.56. The molecule has 1 N–H and O–H groups in total. The van der Waals surface area contributed by atoms with Gasteiger partial charge in [-0.05, 0) is 68.1 Å². The Morgan fingerprint density at radius 1 is 0.861 bits per heavy atom. The number of aryl methyl sites for hydroxylation is 2. The summed E-state index contributed by atoms with van der Waals surface area (Å²) in [6, 6.07) is 20.2. The topological polar surface area (TPSA) is 86.8 Å². The number of sulfonamides is 1. The highest BCUT2D eigenvalue weighted by atomic mass is 32.2. The molecule has 0 unspecified atom stereocenters. The van der Waals surface area contributed by atoms with Crippen LogP contribution in [-0.4, -0.2) is 44.8 Å². The molecular weight excluding hydrogens is 474 g/mol. The van der Waals surface area contributed by atoms with Gasteiger partial charge in [0, 0.05) is 13.6 Å². The number of nitrogens with one attached hydrogen (secondary N) is 1. The van der Waals surface area contributed by atoms with E-state index in [9.17, 15) is 18.0 Å². The van der Waals surface area contributed by atoms with E-state index in [2.05, 4.69) is 5.32 Å². The standard InChI is InChI=1S/C28H33N3O4S/c1-20-13-11-17-26(22(20)3)31(36(34,35)25-15-7-6-8-16-25)19-27(32)30(23(4)28(33)29-5)18-24-14-10-9-12-21(24)2/h6-17,23H,18-19H2,1-5H3,(H,29,33)/t23-/m0/s1. The van der Waals surface area contributed by atoms with Crippen molar-refractivity contribution in [3.8, 4) is 0 Å². The van der Waals surface area contributed by atoms with Crippen LogP contribution in [0.2, 0.25) is 0 Å². The lowest BCUT2D eigenvalue weighted by atomic mass is 10.1. The van der Waals surface area contributed by atoms with Crippen LogP contribution in [0.1, 0.15) is 29.2 Å². The van der Waals surface area contributed by atoms with Crippen LogP contribution in [0, 0.1) is 20.8 Å². The molecule has 0 fully saturated rings. The van der Waals surface area contributed by atoms with E-state index in [1.165, 1.54) is 24.1 Å². The quantitative estimate of drug-likeness (QED) is 0.475. The number of hydrogen-bond acceptors (Lipinski definition) is 4. The van der Waals surface area contributed by atoms with Crippen LogP contribution in [0.25, 0.3) is 0 Å². The van der Waals surface area contributed by atoms with Crippen molar-refractivity contribution in [3.63, 3.8) is 0 Å². The highest BCUT2D eigenvalue weighted by Gasteiger charge is 2.33. The molecular formula is C28H33N3O4S. The van der Waals surface area contributed by atoms with Crippen LogP contribution in [-0.2, 0) is 26.2 Å². The molecule has 2 amide bonds. The van der Waals surface area contributed by atoms with E-state index in [1.54, 1.807) is 37.3 Å². The zero-order valence-electron chi connectivity index (χ0n) is 21.4. The fourth-order valence-electron chi connectivity index (χ4n) is 4.00. The van der Waals surface area contributed by atoms with Crippen LogP contribution in [0.5, 0.6) is 0 Å². The van der Waals surface area contributed by atoms with Gasteiger partial charge in [-0.2, -0.15) is 0 Å². The third-order valence-electron chi connectivity index (χ3n) is 6.47. The molecule has 0 radical (unpaired) electrons. The van der Waals surface area contributed by atoms with Crippen LogP contribution in [0.4, 0.5) is 5.69 Å². The van der Waals surface area contributed by atoms with Crippen molar-refractivity contribution in [2.45, 2.75) is 45.2 Å². The van der Waals surface area contributed by atoms with Gasteiger partial charge in [-0.15, -0.1) is 0 Å². The Kier molecular flexibility index (Phi) is 8.53. The summed E-state index contributed by atoms with van der Waals surface area (Å²) in [4.78, 5) is 27.9. The minimum Gasteiger partial charge on any atom is -0.357 e. The number of benzene rings is 3. The van der Waals surface area contributed by atoms with Crippen LogP contribution in [0.15, 0.2) is 77.7 Å². The van der Waals surface area contributed by atoms with Crippen LogP contribution >= 0.6 is 0 Å². The average molecular weight is 508 g/mol. The summed E-state index contributed by atoms with van der Waals surface area (Å²) in [5.41, 5.74) is 3.95. The second-order valence-electron chi connectivity index (χ2n) is 8.78. The van der Waals surface area contributed by atoms with Gasteiger partial charge in [0.05, 0.1) is 10.6 Å². The number of nitrogens with zero attached hydrogens (tertiary/aromatic N) is 2. The molecule has 0 saturated carbocycles. The van der Waals surface area contributed by atoms with Gasteiger partial charge in [0.1, 0.15) is 12.6 Å². The minimum absolute atomic E-state index is 0.0866. The molecule has 3 rings (SSSR count). The lowest BCUT2D eigenvalue weighted by Crippen LogP contribution is -2.50. The minimum atomic E-state index is -4.07. The Bertz CT molecular complexity index is 1340. The van der Waals surface area contributed by atoms with Crippen molar-refractivity contribution in [2.24, 2.45) is 0 Å². The molecule has 7 nitrogen and oxygen atoms in total. The van der Waals surface area contributed by atoms with Crippen molar-refractivity contribution < 1.29 is 18.0 Å². The molecule has 8 heteroatoms. The number of anilines is 1. The summed E-state index contributed by atoms with van der Waals surface area (Å²) in [6.45, 7) is 7.03. The van der Waals surface area contributed by atoms with E-state index in [-0.39, 0.29) is 17.3 Å². The Morgan fingerprint density at radius 2 is 1.47 bits per heavy atom. The first-order chi connectivity index (χ1) is 17.1. The van der Waals surface area contributed by atoms with Crippen molar-refractivity contribution in [1.82, 2.24) is 10.2 Å². The second-order valence-corrected chi connectivity index (χ2v) is 10.6. The van der Waals surface area contributed by atoms with E-state index in [1.807, 2.05) is 51.1 Å². The highest BCUT2D eigenvalue weighted by molar-refractivity contribution is 7.92. The number of likely N-dealkylation sites (N-methyl/N-ethyl adjacent to an activating group) is 1. The number of hydrogen-bond donors (Lipinski definition) is 1. The predicted molar refractivity (Wildman–Crippen MR) is 142 cm³/mol. The van der Waals surface area contributed by atoms with Gasteiger partial charge in [-0.3, -0.25) is 13.9 Å². The van der Waals surface area contributed by atoms with Gasteiger partial charge >= 0.3 is 0 Å². The van der Waals surface area contributed by atoms with Gasteiger partial charge < -0.3 is 10.2 Å². The van der Waals surface area contributed by atoms with Crippen molar-refractivity contribution >= 4 is 27.5 Å². The molecule has 0 saturated heterocycles. The maximum absolute atomic E-state index is 13.8. The molecule has 0 heterocycles. The number of carbonyl (C=O) groups is 2. The lowest BCUT2D eigenvalue weighted by Gasteiger charge is -2.32. The molecule has 0 aliphatic carbocycles. The van der Waals surface area contributed by atoms with Gasteiger partial charge in [-0.1, -0.05) is 54.6 Å². The molecule has 0 aromatic heterocycles. The molecule has 0 aliphatic rings. The summed E-state index contributed by atoms with van der Waals surface area (Å²) in [6.07, 6.45) is 0. The Morgan fingerprint density at radius 3 is 2.11 bits per heavy atom. The molecule has 3 aromatic carbocycles. The summed E-state index contributed by atoms with van der Waals surface area (Å²) >= 11 is 0. The third kappa shape index (κ3) is 5.76. The first-order valence-corrected chi connectivity index (χ1v) is 13.2. The molecule has 0 bridgehead atoms. The fraction of sp³-hybridized carbons (Fsp3) is 0.286. The summed E-state index contributed by atoms with van der Waals surface area (Å²) < 4.78 is 28.8. The molecule has 190 valence electrons. The Labute approximate surface area is 213 Å². The Hall–Kier alpha value is -3.65. The van der Waals surface area contributed by atoms with Crippen LogP contribution < -0.4 is 9.62 Å². The smallest absolute Gasteiger partial charge is 0.264 e. The van der Waals surface area contributed by atoms with E-state index >= 15 is 0 Å². The molecule has 36 heavy (non-hydrogen) atoms. The average Bonchev–Trinajstić information content (AvgIpc) is 2.88. The highest BCUT2D eigenvalue weighted by Crippen LogP contribution is 2.29. The summed E-state index contributed by atoms with van der Waals surface area (Å²) in [5.74, 6) is -0.809.